The molecule has 0 spiro atoms. The number of aliphatic imine (C=N–C) groups is 1. The molecule has 2 saturated heterocycles. The average Bonchev–Trinajstić information content (AvgIpc) is 3.39. The van der Waals surface area contributed by atoms with Gasteiger partial charge < -0.3 is 19.3 Å². The summed E-state index contributed by atoms with van der Waals surface area (Å²) in [6, 6.07) is 13.5. The summed E-state index contributed by atoms with van der Waals surface area (Å²) < 4.78 is 11.7. The van der Waals surface area contributed by atoms with Crippen molar-refractivity contribution in [2.75, 3.05) is 43.6 Å². The molecule has 2 aromatic rings. The second-order valence-corrected chi connectivity index (χ2v) is 9.08. The fraction of sp³-hybridized carbons (Fsp3) is 0.500. The first-order chi connectivity index (χ1) is 15.3. The monoisotopic (exact) mass is 438 g/mol. The molecule has 0 N–H and O–H groups in total. The molecule has 31 heavy (non-hydrogen) atoms. The van der Waals surface area contributed by atoms with Crippen LogP contribution in [0.15, 0.2) is 47.6 Å². The Balaban J connectivity index is 1.54. The lowest BCUT2D eigenvalue weighted by molar-refractivity contribution is 0.122. The quantitative estimate of drug-likeness (QED) is 0.670. The van der Waals surface area contributed by atoms with E-state index in [1.54, 1.807) is 0 Å². The molecule has 3 atom stereocenters. The Labute approximate surface area is 188 Å². The summed E-state index contributed by atoms with van der Waals surface area (Å²) in [5.41, 5.74) is 3.43. The fourth-order valence-electron chi connectivity index (χ4n) is 4.76. The van der Waals surface area contributed by atoms with Crippen LogP contribution in [0.4, 0.5) is 5.69 Å². The molecule has 0 radical (unpaired) electrons. The lowest BCUT2D eigenvalue weighted by Crippen LogP contribution is -2.37. The Hall–Kier alpha value is -2.25. The number of benzene rings is 1. The van der Waals surface area contributed by atoms with E-state index in [4.69, 9.17) is 14.5 Å². The van der Waals surface area contributed by atoms with Gasteiger partial charge in [0.05, 0.1) is 37.2 Å². The molecule has 3 aliphatic rings. The number of amidine groups is 1. The van der Waals surface area contributed by atoms with Crippen LogP contribution in [-0.2, 0) is 4.74 Å². The van der Waals surface area contributed by atoms with Crippen molar-refractivity contribution in [3.05, 3.63) is 53.9 Å². The van der Waals surface area contributed by atoms with E-state index in [9.17, 15) is 0 Å². The predicted octanol–water partition coefficient (Wildman–Crippen LogP) is 4.30. The molecule has 4 heterocycles. The zero-order valence-electron chi connectivity index (χ0n) is 18.2. The van der Waals surface area contributed by atoms with E-state index in [0.29, 0.717) is 12.6 Å². The summed E-state index contributed by atoms with van der Waals surface area (Å²) in [5.74, 6) is 2.06. The molecule has 1 aromatic carbocycles. The maximum Gasteiger partial charge on any atom is 0.160 e. The van der Waals surface area contributed by atoms with Crippen molar-refractivity contribution in [1.82, 2.24) is 9.88 Å². The number of anilines is 1. The number of aromatic nitrogens is 1. The Bertz CT molecular complexity index is 932. The summed E-state index contributed by atoms with van der Waals surface area (Å²) in [5, 5.41) is 1.16. The third-order valence-electron chi connectivity index (χ3n) is 6.31. The summed E-state index contributed by atoms with van der Waals surface area (Å²) in [4.78, 5) is 14.7. The summed E-state index contributed by atoms with van der Waals surface area (Å²) >= 11 is 1.88. The third-order valence-corrected chi connectivity index (χ3v) is 7.43. The first kappa shape index (κ1) is 20.6. The molecule has 0 amide bonds. The van der Waals surface area contributed by atoms with Crippen LogP contribution in [0, 0.1) is 0 Å². The minimum Gasteiger partial charge on any atom is -0.492 e. The standard InChI is InChI=1S/C24H30N4O2S/c1-3-18-16-31-24-26-22(19-7-5-6-10-25-19)23(28(18)24)17-8-9-20(21(15-17)30-4-2)27-11-13-29-14-12-27/h5-10,15,18,22-23H,3-4,11-14,16H2,1-2H3/t18-,22-,23-/m1/s1. The molecule has 2 fully saturated rings. The highest BCUT2D eigenvalue weighted by Gasteiger charge is 2.45. The average molecular weight is 439 g/mol. The van der Waals surface area contributed by atoms with Gasteiger partial charge in [-0.3, -0.25) is 9.98 Å². The maximum atomic E-state index is 6.14. The van der Waals surface area contributed by atoms with Gasteiger partial charge in [-0.05, 0) is 43.2 Å². The highest BCUT2D eigenvalue weighted by molar-refractivity contribution is 8.14. The van der Waals surface area contributed by atoms with Gasteiger partial charge in [-0.1, -0.05) is 30.8 Å². The number of morpholine rings is 1. The SMILES string of the molecule is CCOc1cc([C@@H]2[C@@H](c3ccccn3)N=C3SC[C@@H](CC)N32)ccc1N1CCOCC1. The fourth-order valence-corrected chi connectivity index (χ4v) is 6.10. The van der Waals surface area contributed by atoms with Crippen molar-refractivity contribution in [2.45, 2.75) is 38.4 Å². The predicted molar refractivity (Wildman–Crippen MR) is 126 cm³/mol. The second kappa shape index (κ2) is 9.09. The van der Waals surface area contributed by atoms with Crippen LogP contribution in [0.2, 0.25) is 0 Å². The van der Waals surface area contributed by atoms with Crippen LogP contribution in [-0.4, -0.2) is 59.8 Å². The van der Waals surface area contributed by atoms with Gasteiger partial charge in [0.25, 0.3) is 0 Å². The first-order valence-corrected chi connectivity index (χ1v) is 12.3. The van der Waals surface area contributed by atoms with E-state index in [0.717, 1.165) is 60.8 Å². The number of hydrogen-bond donors (Lipinski definition) is 0. The lowest BCUT2D eigenvalue weighted by atomic mass is 9.94. The van der Waals surface area contributed by atoms with Gasteiger partial charge >= 0.3 is 0 Å². The summed E-state index contributed by atoms with van der Waals surface area (Å²) in [6.45, 7) is 8.28. The van der Waals surface area contributed by atoms with Crippen LogP contribution >= 0.6 is 11.8 Å². The zero-order valence-corrected chi connectivity index (χ0v) is 19.1. The van der Waals surface area contributed by atoms with Gasteiger partial charge in [-0.2, -0.15) is 0 Å². The van der Waals surface area contributed by atoms with Gasteiger partial charge in [-0.15, -0.1) is 0 Å². The maximum absolute atomic E-state index is 6.14. The normalized spacial score (nSPS) is 25.5. The summed E-state index contributed by atoms with van der Waals surface area (Å²) in [7, 11) is 0. The van der Waals surface area contributed by atoms with E-state index in [1.807, 2.05) is 30.9 Å². The second-order valence-electron chi connectivity index (χ2n) is 8.10. The van der Waals surface area contributed by atoms with Crippen molar-refractivity contribution < 1.29 is 9.47 Å². The minimum atomic E-state index is 0.00163. The van der Waals surface area contributed by atoms with Gasteiger partial charge in [0.15, 0.2) is 5.17 Å². The van der Waals surface area contributed by atoms with E-state index in [-0.39, 0.29) is 12.1 Å². The molecule has 0 unspecified atom stereocenters. The van der Waals surface area contributed by atoms with Gasteiger partial charge in [0.1, 0.15) is 11.8 Å². The molecule has 6 nitrogen and oxygen atoms in total. The van der Waals surface area contributed by atoms with Crippen molar-refractivity contribution in [1.29, 1.82) is 0 Å². The van der Waals surface area contributed by atoms with Gasteiger partial charge in [-0.25, -0.2) is 0 Å². The summed E-state index contributed by atoms with van der Waals surface area (Å²) in [6.07, 6.45) is 2.98. The molecule has 3 aliphatic heterocycles. The molecule has 5 rings (SSSR count). The van der Waals surface area contributed by atoms with Gasteiger partial charge in [0.2, 0.25) is 0 Å². The smallest absolute Gasteiger partial charge is 0.160 e. The van der Waals surface area contributed by atoms with E-state index < -0.39 is 0 Å². The molecule has 0 bridgehead atoms. The van der Waals surface area contributed by atoms with Crippen molar-refractivity contribution in [3.63, 3.8) is 0 Å². The molecule has 0 aliphatic carbocycles. The van der Waals surface area contributed by atoms with Crippen molar-refractivity contribution >= 4 is 22.6 Å². The van der Waals surface area contributed by atoms with E-state index in [2.05, 4.69) is 52.0 Å². The highest BCUT2D eigenvalue weighted by Crippen LogP contribution is 2.49. The Morgan fingerprint density at radius 3 is 2.77 bits per heavy atom. The van der Waals surface area contributed by atoms with Crippen LogP contribution in [0.5, 0.6) is 5.75 Å². The number of thioether (sulfide) groups is 1. The van der Waals surface area contributed by atoms with Crippen LogP contribution < -0.4 is 9.64 Å². The van der Waals surface area contributed by atoms with Crippen molar-refractivity contribution in [3.8, 4) is 5.75 Å². The van der Waals surface area contributed by atoms with Crippen LogP contribution in [0.3, 0.4) is 0 Å². The molecule has 164 valence electrons. The molecular weight excluding hydrogens is 408 g/mol. The number of hydrogen-bond acceptors (Lipinski definition) is 7. The topological polar surface area (TPSA) is 50.2 Å². The Morgan fingerprint density at radius 2 is 2.03 bits per heavy atom. The number of ether oxygens (including phenoxy) is 2. The lowest BCUT2D eigenvalue weighted by Gasteiger charge is -2.34. The van der Waals surface area contributed by atoms with Crippen molar-refractivity contribution in [2.24, 2.45) is 4.99 Å². The number of fused-ring (bicyclic) bond motifs is 1. The Kier molecular flexibility index (Phi) is 6.05. The van der Waals surface area contributed by atoms with Crippen LogP contribution in [0.25, 0.3) is 0 Å². The van der Waals surface area contributed by atoms with E-state index in [1.165, 1.54) is 5.56 Å². The molecular formula is C24H30N4O2S. The number of rotatable bonds is 6. The van der Waals surface area contributed by atoms with Gasteiger partial charge in [0, 0.05) is 31.1 Å². The number of nitrogens with zero attached hydrogens (tertiary/aromatic N) is 4. The zero-order chi connectivity index (χ0) is 21.2. The number of pyridine rings is 1. The van der Waals surface area contributed by atoms with E-state index >= 15 is 0 Å². The first-order valence-electron chi connectivity index (χ1n) is 11.3. The molecule has 1 aromatic heterocycles. The highest BCUT2D eigenvalue weighted by atomic mass is 32.2. The van der Waals surface area contributed by atoms with Crippen LogP contribution in [0.1, 0.15) is 43.6 Å². The Morgan fingerprint density at radius 1 is 1.16 bits per heavy atom. The molecule has 7 heteroatoms. The largest absolute Gasteiger partial charge is 0.492 e. The third kappa shape index (κ3) is 3.89. The molecule has 0 saturated carbocycles. The minimum absolute atomic E-state index is 0.00163.